The van der Waals surface area contributed by atoms with Crippen molar-refractivity contribution in [2.45, 2.75) is 32.4 Å². The van der Waals surface area contributed by atoms with Crippen molar-refractivity contribution < 1.29 is 19.3 Å². The minimum absolute atomic E-state index is 0.116. The van der Waals surface area contributed by atoms with Gasteiger partial charge in [0.1, 0.15) is 0 Å². The highest BCUT2D eigenvalue weighted by molar-refractivity contribution is 7.71. The van der Waals surface area contributed by atoms with Gasteiger partial charge in [-0.05, 0) is 51.2 Å². The number of nitrogens with one attached hydrogen (secondary N) is 1. The van der Waals surface area contributed by atoms with Crippen LogP contribution >= 0.6 is 12.2 Å². The maximum atomic E-state index is 12.9. The van der Waals surface area contributed by atoms with Crippen LogP contribution in [0.25, 0.3) is 0 Å². The third kappa shape index (κ3) is 2.68. The molecule has 1 atom stereocenters. The van der Waals surface area contributed by atoms with Crippen LogP contribution in [0.15, 0.2) is 10.9 Å². The Kier molecular flexibility index (Phi) is 4.59. The van der Waals surface area contributed by atoms with Crippen molar-refractivity contribution in [3.05, 3.63) is 37.9 Å². The number of hydrogen-bond acceptors (Lipinski definition) is 7. The monoisotopic (exact) mass is 405 g/mol. The number of likely N-dealkylation sites (N-methyl/N-ethyl adjacent to an activating group) is 1. The Balaban J connectivity index is 2.03. The van der Waals surface area contributed by atoms with Crippen LogP contribution in [-0.2, 0) is 6.42 Å². The second-order valence-corrected chi connectivity index (χ2v) is 7.70. The minimum Gasteiger partial charge on any atom is -0.494 e. The first-order valence-corrected chi connectivity index (χ1v) is 9.53. The molecular weight excluding hydrogens is 382 g/mol. The molecule has 1 aromatic heterocycles. The molecule has 150 valence electrons. The normalized spacial score (nSPS) is 18.4. The zero-order valence-corrected chi connectivity index (χ0v) is 17.1. The maximum Gasteiger partial charge on any atom is 0.260 e. The van der Waals surface area contributed by atoms with E-state index in [0.717, 1.165) is 17.5 Å². The number of hydrogen-bond donors (Lipinski definition) is 2. The van der Waals surface area contributed by atoms with E-state index in [-0.39, 0.29) is 29.0 Å². The third-order valence-electron chi connectivity index (χ3n) is 5.34. The van der Waals surface area contributed by atoms with E-state index in [1.165, 1.54) is 0 Å². The van der Waals surface area contributed by atoms with Crippen molar-refractivity contribution in [3.8, 4) is 23.1 Å². The van der Waals surface area contributed by atoms with Gasteiger partial charge in [-0.3, -0.25) is 19.2 Å². The highest BCUT2D eigenvalue weighted by atomic mass is 32.1. The van der Waals surface area contributed by atoms with Crippen molar-refractivity contribution in [2.75, 3.05) is 27.5 Å². The number of aromatic hydroxyl groups is 1. The number of aromatic nitrogens is 2. The topological polar surface area (TPSA) is 89.0 Å². The van der Waals surface area contributed by atoms with E-state index in [1.807, 2.05) is 31.9 Å². The predicted molar refractivity (Wildman–Crippen MR) is 105 cm³/mol. The zero-order valence-electron chi connectivity index (χ0n) is 16.2. The molecule has 0 saturated heterocycles. The number of fused-ring (bicyclic) bond motifs is 2. The molecule has 1 unspecified atom stereocenters. The molecule has 0 saturated carbocycles. The molecule has 0 spiro atoms. The summed E-state index contributed by atoms with van der Waals surface area (Å²) in [5.41, 5.74) is 1.63. The smallest absolute Gasteiger partial charge is 0.260 e. The first-order chi connectivity index (χ1) is 13.3. The van der Waals surface area contributed by atoms with Gasteiger partial charge in [0.2, 0.25) is 18.4 Å². The Labute approximate surface area is 167 Å². The Morgan fingerprint density at radius 2 is 2.11 bits per heavy atom. The standard InChI is InChI=1S/C19H23N3O5S/c1-9(2)22-18(24)13(17(23)20-19(22)28)14-12-10(5-6-21(14)3)7-11-15(16(12)25-4)27-8-26-11/h7,9,14,24H,5-6,8H2,1-4H3,(H,20,23,28). The second-order valence-electron chi connectivity index (χ2n) is 7.31. The van der Waals surface area contributed by atoms with Gasteiger partial charge in [-0.2, -0.15) is 0 Å². The zero-order chi connectivity index (χ0) is 20.2. The lowest BCUT2D eigenvalue weighted by Gasteiger charge is -2.36. The van der Waals surface area contributed by atoms with Gasteiger partial charge in [-0.1, -0.05) is 0 Å². The van der Waals surface area contributed by atoms with Crippen molar-refractivity contribution in [3.63, 3.8) is 0 Å². The van der Waals surface area contributed by atoms with Gasteiger partial charge in [0.25, 0.3) is 5.56 Å². The lowest BCUT2D eigenvalue weighted by Crippen LogP contribution is -2.37. The summed E-state index contributed by atoms with van der Waals surface area (Å²) < 4.78 is 18.6. The number of aromatic amines is 1. The van der Waals surface area contributed by atoms with Crippen LogP contribution < -0.4 is 19.8 Å². The quantitative estimate of drug-likeness (QED) is 0.759. The van der Waals surface area contributed by atoms with Gasteiger partial charge in [-0.15, -0.1) is 0 Å². The number of methoxy groups -OCH3 is 1. The third-order valence-corrected chi connectivity index (χ3v) is 5.64. The van der Waals surface area contributed by atoms with Gasteiger partial charge < -0.3 is 19.3 Å². The molecule has 8 nitrogen and oxygen atoms in total. The predicted octanol–water partition coefficient (Wildman–Crippen LogP) is 2.51. The van der Waals surface area contributed by atoms with E-state index in [9.17, 15) is 9.90 Å². The van der Waals surface area contributed by atoms with Gasteiger partial charge in [0.05, 0.1) is 18.7 Å². The molecule has 2 aliphatic heterocycles. The summed E-state index contributed by atoms with van der Waals surface area (Å²) in [6.45, 7) is 4.62. The number of benzene rings is 1. The molecule has 2 aromatic rings. The number of ether oxygens (including phenoxy) is 3. The van der Waals surface area contributed by atoms with Crippen LogP contribution in [0.3, 0.4) is 0 Å². The second kappa shape index (κ2) is 6.82. The van der Waals surface area contributed by atoms with Gasteiger partial charge >= 0.3 is 0 Å². The fourth-order valence-corrected chi connectivity index (χ4v) is 4.47. The maximum absolute atomic E-state index is 12.9. The number of rotatable bonds is 3. The fraction of sp³-hybridized carbons (Fsp3) is 0.474. The molecule has 0 amide bonds. The van der Waals surface area contributed by atoms with Gasteiger partial charge in [0.15, 0.2) is 16.3 Å². The van der Waals surface area contributed by atoms with E-state index in [0.29, 0.717) is 23.8 Å². The summed E-state index contributed by atoms with van der Waals surface area (Å²) in [7, 11) is 3.48. The molecule has 2 N–H and O–H groups in total. The van der Waals surface area contributed by atoms with Crippen molar-refractivity contribution >= 4 is 12.2 Å². The lowest BCUT2D eigenvalue weighted by atomic mass is 9.87. The van der Waals surface area contributed by atoms with E-state index in [1.54, 1.807) is 11.7 Å². The first-order valence-electron chi connectivity index (χ1n) is 9.12. The SMILES string of the molecule is COc1c2c(cc3c1C(c1c(O)n(C(C)C)c(=S)[nH]c1=O)N(C)CC3)OCO2. The summed E-state index contributed by atoms with van der Waals surface area (Å²) in [6.07, 6.45) is 0.761. The summed E-state index contributed by atoms with van der Waals surface area (Å²) >= 11 is 5.26. The summed E-state index contributed by atoms with van der Waals surface area (Å²) in [5, 5.41) is 11.0. The molecule has 28 heavy (non-hydrogen) atoms. The summed E-state index contributed by atoms with van der Waals surface area (Å²) in [6, 6.07) is 1.30. The molecular formula is C19H23N3O5S. The fourth-order valence-electron chi connectivity index (χ4n) is 4.08. The Morgan fingerprint density at radius 1 is 1.36 bits per heavy atom. The number of nitrogens with zero attached hydrogens (tertiary/aromatic N) is 2. The Bertz CT molecular complexity index is 1060. The average molecular weight is 405 g/mol. The van der Waals surface area contributed by atoms with E-state index in [4.69, 9.17) is 26.4 Å². The molecule has 0 aliphatic carbocycles. The van der Waals surface area contributed by atoms with Gasteiger partial charge in [0, 0.05) is 18.2 Å². The molecule has 3 heterocycles. The van der Waals surface area contributed by atoms with E-state index in [2.05, 4.69) is 4.98 Å². The van der Waals surface area contributed by atoms with Crippen LogP contribution in [0.4, 0.5) is 0 Å². The lowest BCUT2D eigenvalue weighted by molar-refractivity contribution is 0.170. The molecule has 0 radical (unpaired) electrons. The van der Waals surface area contributed by atoms with Crippen LogP contribution in [0.2, 0.25) is 0 Å². The van der Waals surface area contributed by atoms with E-state index < -0.39 is 11.6 Å². The average Bonchev–Trinajstić information content (AvgIpc) is 3.09. The van der Waals surface area contributed by atoms with Crippen LogP contribution in [0.1, 0.15) is 42.6 Å². The van der Waals surface area contributed by atoms with Crippen molar-refractivity contribution in [1.29, 1.82) is 0 Å². The highest BCUT2D eigenvalue weighted by Crippen LogP contribution is 2.51. The van der Waals surface area contributed by atoms with Gasteiger partial charge in [-0.25, -0.2) is 0 Å². The largest absolute Gasteiger partial charge is 0.494 e. The first kappa shape index (κ1) is 18.8. The molecule has 2 aliphatic rings. The molecule has 0 bridgehead atoms. The molecule has 0 fully saturated rings. The number of H-pyrrole nitrogens is 1. The Hall–Kier alpha value is -2.52. The van der Waals surface area contributed by atoms with Crippen molar-refractivity contribution in [1.82, 2.24) is 14.5 Å². The van der Waals surface area contributed by atoms with Crippen molar-refractivity contribution in [2.24, 2.45) is 0 Å². The highest BCUT2D eigenvalue weighted by Gasteiger charge is 2.38. The van der Waals surface area contributed by atoms with Crippen LogP contribution in [0.5, 0.6) is 23.1 Å². The van der Waals surface area contributed by atoms with E-state index >= 15 is 0 Å². The molecule has 1 aromatic carbocycles. The van der Waals surface area contributed by atoms with Crippen LogP contribution in [0, 0.1) is 4.77 Å². The summed E-state index contributed by atoms with van der Waals surface area (Å²) in [4.78, 5) is 17.6. The Morgan fingerprint density at radius 3 is 2.79 bits per heavy atom. The minimum atomic E-state index is -0.516. The summed E-state index contributed by atoms with van der Waals surface area (Å²) in [5.74, 6) is 1.55. The molecule has 9 heteroatoms. The van der Waals surface area contributed by atoms with Crippen LogP contribution in [-0.4, -0.2) is 47.1 Å². The molecule has 4 rings (SSSR count).